The van der Waals surface area contributed by atoms with Crippen LogP contribution in [0.15, 0.2) is 24.3 Å². The van der Waals surface area contributed by atoms with Gasteiger partial charge in [-0.05, 0) is 30.5 Å². The number of nitrogens with zero attached hydrogens (tertiary/aromatic N) is 1. The van der Waals surface area contributed by atoms with Gasteiger partial charge in [0.2, 0.25) is 0 Å². The molecule has 0 aliphatic heterocycles. The van der Waals surface area contributed by atoms with E-state index < -0.39 is 0 Å². The number of hydrogen-bond acceptors (Lipinski definition) is 2. The average molecular weight is 235 g/mol. The number of carbonyl (C=O) groups is 1. The Morgan fingerprint density at radius 2 is 2.06 bits per heavy atom. The number of rotatable bonds is 6. The lowest BCUT2D eigenvalue weighted by atomic mass is 10.0. The largest absolute Gasteiger partial charge is 0.286 e. The number of amides is 1. The molecule has 17 heavy (non-hydrogen) atoms. The van der Waals surface area contributed by atoms with Gasteiger partial charge in [-0.1, -0.05) is 38.3 Å². The second kappa shape index (κ2) is 7.07. The first kappa shape index (κ1) is 13.7. The van der Waals surface area contributed by atoms with Crippen LogP contribution in [0.2, 0.25) is 0 Å². The molecule has 1 aromatic rings. The Morgan fingerprint density at radius 1 is 1.29 bits per heavy atom. The number of hydrogen-bond donors (Lipinski definition) is 1. The highest BCUT2D eigenvalue weighted by molar-refractivity contribution is 5.93. The van der Waals surface area contributed by atoms with Gasteiger partial charge >= 0.3 is 0 Å². The van der Waals surface area contributed by atoms with Crippen molar-refractivity contribution in [1.29, 1.82) is 0 Å². The van der Waals surface area contributed by atoms with Crippen LogP contribution in [0, 0.1) is 0 Å². The summed E-state index contributed by atoms with van der Waals surface area (Å²) < 4.78 is 0. The minimum Gasteiger partial charge on any atom is -0.286 e. The zero-order chi connectivity index (χ0) is 12.7. The predicted molar refractivity (Wildman–Crippen MR) is 68.2 cm³/mol. The first-order chi connectivity index (χ1) is 8.15. The molecule has 0 unspecified atom stereocenters. The third-order valence-electron chi connectivity index (χ3n) is 2.79. The van der Waals surface area contributed by atoms with Crippen LogP contribution in [0.25, 0.3) is 0 Å². The summed E-state index contributed by atoms with van der Waals surface area (Å²) in [6.07, 6.45) is 5.87. The van der Waals surface area contributed by atoms with Crippen LogP contribution in [0.3, 0.4) is 0 Å². The lowest BCUT2D eigenvalue weighted by Crippen LogP contribution is -2.22. The molecule has 0 atom stereocenters. The predicted octanol–water partition coefficient (Wildman–Crippen LogP) is 3.27. The van der Waals surface area contributed by atoms with Gasteiger partial charge in [-0.3, -0.25) is 10.0 Å². The first-order valence-electron chi connectivity index (χ1n) is 6.21. The Morgan fingerprint density at radius 3 is 2.71 bits per heavy atom. The second-order valence-corrected chi connectivity index (χ2v) is 4.34. The van der Waals surface area contributed by atoms with Crippen molar-refractivity contribution in [3.63, 3.8) is 0 Å². The standard InChI is InChI=1S/C14H21NO2/c1-3-4-5-6-8-12-9-7-10-13(11-12)14(16)15(2)17/h7,9-11,17H,3-6,8H2,1-2H3. The van der Waals surface area contributed by atoms with E-state index in [1.54, 1.807) is 6.07 Å². The summed E-state index contributed by atoms with van der Waals surface area (Å²) in [5.74, 6) is -0.361. The molecule has 94 valence electrons. The second-order valence-electron chi connectivity index (χ2n) is 4.34. The van der Waals surface area contributed by atoms with Gasteiger partial charge in [-0.25, -0.2) is 5.06 Å². The van der Waals surface area contributed by atoms with E-state index in [0.717, 1.165) is 18.4 Å². The van der Waals surface area contributed by atoms with Crippen molar-refractivity contribution < 1.29 is 10.0 Å². The van der Waals surface area contributed by atoms with Crippen LogP contribution in [0.4, 0.5) is 0 Å². The molecular weight excluding hydrogens is 214 g/mol. The first-order valence-corrected chi connectivity index (χ1v) is 6.21. The van der Waals surface area contributed by atoms with Gasteiger partial charge in [0.15, 0.2) is 0 Å². The van der Waals surface area contributed by atoms with Crippen LogP contribution >= 0.6 is 0 Å². The number of aryl methyl sites for hydroxylation is 1. The van der Waals surface area contributed by atoms with Crippen molar-refractivity contribution in [2.45, 2.75) is 39.0 Å². The number of unbranched alkanes of at least 4 members (excludes halogenated alkanes) is 3. The molecule has 3 nitrogen and oxygen atoms in total. The summed E-state index contributed by atoms with van der Waals surface area (Å²) >= 11 is 0. The van der Waals surface area contributed by atoms with Crippen LogP contribution in [-0.4, -0.2) is 23.2 Å². The molecule has 0 aromatic heterocycles. The highest BCUT2D eigenvalue weighted by Crippen LogP contribution is 2.11. The van der Waals surface area contributed by atoms with E-state index in [1.807, 2.05) is 18.2 Å². The summed E-state index contributed by atoms with van der Waals surface area (Å²) in [6, 6.07) is 7.48. The monoisotopic (exact) mass is 235 g/mol. The molecule has 0 saturated carbocycles. The lowest BCUT2D eigenvalue weighted by molar-refractivity contribution is -0.0375. The maximum atomic E-state index is 11.5. The molecule has 0 spiro atoms. The molecule has 1 amide bonds. The summed E-state index contributed by atoms with van der Waals surface area (Å²) in [6.45, 7) is 2.19. The molecule has 0 bridgehead atoms. The molecule has 1 N–H and O–H groups in total. The Hall–Kier alpha value is -1.35. The van der Waals surface area contributed by atoms with Crippen molar-refractivity contribution in [2.24, 2.45) is 0 Å². The third kappa shape index (κ3) is 4.57. The SMILES string of the molecule is CCCCCCc1cccc(C(=O)N(C)O)c1. The van der Waals surface area contributed by atoms with E-state index in [4.69, 9.17) is 5.21 Å². The van der Waals surface area contributed by atoms with E-state index in [0.29, 0.717) is 10.6 Å². The summed E-state index contributed by atoms with van der Waals surface area (Å²) in [4.78, 5) is 11.5. The van der Waals surface area contributed by atoms with Gasteiger partial charge in [-0.2, -0.15) is 0 Å². The maximum absolute atomic E-state index is 11.5. The number of benzene rings is 1. The molecule has 0 heterocycles. The van der Waals surface area contributed by atoms with Gasteiger partial charge in [-0.15, -0.1) is 0 Å². The van der Waals surface area contributed by atoms with Crippen molar-refractivity contribution >= 4 is 5.91 Å². The van der Waals surface area contributed by atoms with Crippen LogP contribution in [0.5, 0.6) is 0 Å². The topological polar surface area (TPSA) is 40.5 Å². The fourth-order valence-electron chi connectivity index (χ4n) is 1.80. The van der Waals surface area contributed by atoms with E-state index >= 15 is 0 Å². The minimum absolute atomic E-state index is 0.361. The van der Waals surface area contributed by atoms with Gasteiger partial charge in [0.05, 0.1) is 0 Å². The van der Waals surface area contributed by atoms with Gasteiger partial charge in [0, 0.05) is 12.6 Å². The van der Waals surface area contributed by atoms with Crippen LogP contribution in [0.1, 0.15) is 48.5 Å². The highest BCUT2D eigenvalue weighted by atomic mass is 16.5. The zero-order valence-electron chi connectivity index (χ0n) is 10.6. The fourth-order valence-corrected chi connectivity index (χ4v) is 1.80. The van der Waals surface area contributed by atoms with Crippen molar-refractivity contribution in [3.8, 4) is 0 Å². The van der Waals surface area contributed by atoms with Gasteiger partial charge in [0.1, 0.15) is 0 Å². The third-order valence-corrected chi connectivity index (χ3v) is 2.79. The summed E-state index contributed by atoms with van der Waals surface area (Å²) in [5.41, 5.74) is 1.71. The van der Waals surface area contributed by atoms with E-state index in [-0.39, 0.29) is 5.91 Å². The quantitative estimate of drug-likeness (QED) is 0.467. The number of carbonyl (C=O) groups excluding carboxylic acids is 1. The van der Waals surface area contributed by atoms with E-state index in [2.05, 4.69) is 6.92 Å². The van der Waals surface area contributed by atoms with Gasteiger partial charge < -0.3 is 0 Å². The molecule has 1 rings (SSSR count). The Bertz CT molecular complexity index is 361. The number of hydroxylamine groups is 2. The van der Waals surface area contributed by atoms with E-state index in [9.17, 15) is 4.79 Å². The minimum atomic E-state index is -0.361. The molecule has 0 aliphatic rings. The summed E-state index contributed by atoms with van der Waals surface area (Å²) in [5, 5.41) is 9.72. The van der Waals surface area contributed by atoms with Crippen LogP contribution < -0.4 is 0 Å². The smallest absolute Gasteiger partial charge is 0.276 e. The molecule has 0 radical (unpaired) electrons. The molecule has 1 aromatic carbocycles. The average Bonchev–Trinajstić information content (AvgIpc) is 2.34. The fraction of sp³-hybridized carbons (Fsp3) is 0.500. The maximum Gasteiger partial charge on any atom is 0.276 e. The van der Waals surface area contributed by atoms with Crippen LogP contribution in [-0.2, 0) is 6.42 Å². The van der Waals surface area contributed by atoms with E-state index in [1.165, 1.54) is 26.3 Å². The molecule has 3 heteroatoms. The van der Waals surface area contributed by atoms with Crippen molar-refractivity contribution in [1.82, 2.24) is 5.06 Å². The highest BCUT2D eigenvalue weighted by Gasteiger charge is 2.09. The Labute approximate surface area is 103 Å². The van der Waals surface area contributed by atoms with Crippen molar-refractivity contribution in [2.75, 3.05) is 7.05 Å². The zero-order valence-corrected chi connectivity index (χ0v) is 10.6. The molecule has 0 aliphatic carbocycles. The Kier molecular flexibility index (Phi) is 5.70. The van der Waals surface area contributed by atoms with Crippen molar-refractivity contribution in [3.05, 3.63) is 35.4 Å². The lowest BCUT2D eigenvalue weighted by Gasteiger charge is -2.09. The Balaban J connectivity index is 2.57. The molecular formula is C14H21NO2. The summed E-state index contributed by atoms with van der Waals surface area (Å²) in [7, 11) is 1.34. The van der Waals surface area contributed by atoms with Gasteiger partial charge in [0.25, 0.3) is 5.91 Å². The molecule has 0 fully saturated rings. The molecule has 0 saturated heterocycles. The normalized spacial score (nSPS) is 10.3.